The SMILES string of the molecule is Cc1ccc(-c2c(-c3ccccc3)nc3ccc(N(C)C)cn23)s1. The van der Waals surface area contributed by atoms with Crippen LogP contribution < -0.4 is 4.90 Å². The lowest BCUT2D eigenvalue weighted by molar-refractivity contribution is 1.09. The van der Waals surface area contributed by atoms with Crippen LogP contribution in [0.15, 0.2) is 60.8 Å². The van der Waals surface area contributed by atoms with Crippen LogP contribution in [0.2, 0.25) is 0 Å². The minimum Gasteiger partial charge on any atom is -0.376 e. The van der Waals surface area contributed by atoms with Crippen molar-refractivity contribution in [1.82, 2.24) is 9.38 Å². The fourth-order valence-electron chi connectivity index (χ4n) is 2.89. The smallest absolute Gasteiger partial charge is 0.138 e. The largest absolute Gasteiger partial charge is 0.376 e. The lowest BCUT2D eigenvalue weighted by Crippen LogP contribution is -2.09. The predicted octanol–water partition coefficient (Wildman–Crippen LogP) is 5.10. The summed E-state index contributed by atoms with van der Waals surface area (Å²) in [5, 5.41) is 0. The van der Waals surface area contributed by atoms with Crippen LogP contribution in [0, 0.1) is 6.92 Å². The number of hydrogen-bond donors (Lipinski definition) is 0. The molecule has 3 heterocycles. The molecule has 0 atom stereocenters. The number of rotatable bonds is 3. The number of hydrogen-bond acceptors (Lipinski definition) is 3. The third kappa shape index (κ3) is 2.49. The number of aromatic nitrogens is 2. The molecule has 0 aliphatic heterocycles. The Labute approximate surface area is 145 Å². The Hall–Kier alpha value is -2.59. The third-order valence-electron chi connectivity index (χ3n) is 4.14. The zero-order chi connectivity index (χ0) is 16.7. The second-order valence-corrected chi connectivity index (χ2v) is 7.38. The molecule has 0 saturated heterocycles. The first-order chi connectivity index (χ1) is 11.6. The summed E-state index contributed by atoms with van der Waals surface area (Å²) < 4.78 is 2.21. The molecule has 0 N–H and O–H groups in total. The lowest BCUT2D eigenvalue weighted by atomic mass is 10.1. The van der Waals surface area contributed by atoms with E-state index >= 15 is 0 Å². The number of benzene rings is 1. The zero-order valence-corrected chi connectivity index (χ0v) is 14.8. The average Bonchev–Trinajstić information content (AvgIpc) is 3.18. The Balaban J connectivity index is 2.04. The quantitative estimate of drug-likeness (QED) is 0.520. The van der Waals surface area contributed by atoms with Gasteiger partial charge in [-0.2, -0.15) is 0 Å². The van der Waals surface area contributed by atoms with E-state index in [9.17, 15) is 0 Å². The maximum atomic E-state index is 4.92. The van der Waals surface area contributed by atoms with E-state index in [4.69, 9.17) is 4.98 Å². The van der Waals surface area contributed by atoms with Gasteiger partial charge in [-0.15, -0.1) is 11.3 Å². The van der Waals surface area contributed by atoms with Gasteiger partial charge in [-0.05, 0) is 31.2 Å². The molecule has 4 aromatic rings. The van der Waals surface area contributed by atoms with Crippen LogP contribution in [0.4, 0.5) is 5.69 Å². The number of aryl methyl sites for hydroxylation is 1. The van der Waals surface area contributed by atoms with Gasteiger partial charge in [-0.3, -0.25) is 4.40 Å². The molecule has 0 fully saturated rings. The van der Waals surface area contributed by atoms with Crippen molar-refractivity contribution in [3.05, 3.63) is 65.7 Å². The van der Waals surface area contributed by atoms with Crippen LogP contribution >= 0.6 is 11.3 Å². The fraction of sp³-hybridized carbons (Fsp3) is 0.150. The Bertz CT molecular complexity index is 996. The lowest BCUT2D eigenvalue weighted by Gasteiger charge is -2.13. The molecule has 0 bridgehead atoms. The van der Waals surface area contributed by atoms with Gasteiger partial charge in [0.1, 0.15) is 5.65 Å². The molecule has 3 aromatic heterocycles. The fourth-order valence-corrected chi connectivity index (χ4v) is 3.80. The van der Waals surface area contributed by atoms with E-state index < -0.39 is 0 Å². The van der Waals surface area contributed by atoms with Crippen molar-refractivity contribution in [2.24, 2.45) is 0 Å². The molecule has 0 unspecified atom stereocenters. The van der Waals surface area contributed by atoms with Gasteiger partial charge in [0.25, 0.3) is 0 Å². The van der Waals surface area contributed by atoms with Crippen LogP contribution in [0.1, 0.15) is 4.88 Å². The molecular weight excluding hydrogens is 314 g/mol. The number of imidazole rings is 1. The molecule has 0 aliphatic rings. The maximum absolute atomic E-state index is 4.92. The number of anilines is 1. The normalized spacial score (nSPS) is 11.1. The van der Waals surface area contributed by atoms with E-state index in [1.807, 2.05) is 17.4 Å². The molecule has 0 radical (unpaired) electrons. The highest BCUT2D eigenvalue weighted by atomic mass is 32.1. The van der Waals surface area contributed by atoms with Gasteiger partial charge in [0.2, 0.25) is 0 Å². The molecule has 4 rings (SSSR count). The number of fused-ring (bicyclic) bond motifs is 1. The maximum Gasteiger partial charge on any atom is 0.138 e. The standard InChI is InChI=1S/C20H19N3S/c1-14-9-11-17(24-14)20-19(15-7-5-4-6-8-15)21-18-12-10-16(22(2)3)13-23(18)20/h4-13H,1-3H3. The number of pyridine rings is 1. The molecule has 3 nitrogen and oxygen atoms in total. The first kappa shape index (κ1) is 15.0. The highest BCUT2D eigenvalue weighted by Gasteiger charge is 2.17. The van der Waals surface area contributed by atoms with Crippen LogP contribution in [0.5, 0.6) is 0 Å². The summed E-state index contributed by atoms with van der Waals surface area (Å²) in [4.78, 5) is 9.59. The van der Waals surface area contributed by atoms with Crippen LogP contribution in [0.25, 0.3) is 27.5 Å². The van der Waals surface area contributed by atoms with Crippen LogP contribution in [-0.2, 0) is 0 Å². The summed E-state index contributed by atoms with van der Waals surface area (Å²) in [6.07, 6.45) is 2.17. The van der Waals surface area contributed by atoms with Crippen molar-refractivity contribution in [3.63, 3.8) is 0 Å². The van der Waals surface area contributed by atoms with Gasteiger partial charge >= 0.3 is 0 Å². The van der Waals surface area contributed by atoms with E-state index in [0.717, 1.165) is 28.3 Å². The minimum absolute atomic E-state index is 0.973. The molecule has 0 saturated carbocycles. The summed E-state index contributed by atoms with van der Waals surface area (Å²) in [5.74, 6) is 0. The summed E-state index contributed by atoms with van der Waals surface area (Å²) in [7, 11) is 4.12. The van der Waals surface area contributed by atoms with Crippen molar-refractivity contribution in [2.75, 3.05) is 19.0 Å². The Morgan fingerprint density at radius 2 is 1.75 bits per heavy atom. The van der Waals surface area contributed by atoms with E-state index in [2.05, 4.69) is 85.0 Å². The van der Waals surface area contributed by atoms with Gasteiger partial charge in [-0.1, -0.05) is 30.3 Å². The van der Waals surface area contributed by atoms with Crippen molar-refractivity contribution < 1.29 is 0 Å². The van der Waals surface area contributed by atoms with E-state index in [1.54, 1.807) is 0 Å². The van der Waals surface area contributed by atoms with Gasteiger partial charge in [0.15, 0.2) is 0 Å². The molecule has 0 aliphatic carbocycles. The van der Waals surface area contributed by atoms with E-state index in [0.29, 0.717) is 0 Å². The topological polar surface area (TPSA) is 20.5 Å². The van der Waals surface area contributed by atoms with Crippen molar-refractivity contribution in [3.8, 4) is 21.8 Å². The van der Waals surface area contributed by atoms with Crippen molar-refractivity contribution in [1.29, 1.82) is 0 Å². The summed E-state index contributed by atoms with van der Waals surface area (Å²) >= 11 is 1.81. The molecule has 0 amide bonds. The van der Waals surface area contributed by atoms with E-state index in [1.165, 1.54) is 9.75 Å². The zero-order valence-electron chi connectivity index (χ0n) is 14.0. The molecule has 24 heavy (non-hydrogen) atoms. The van der Waals surface area contributed by atoms with Crippen molar-refractivity contribution in [2.45, 2.75) is 6.92 Å². The third-order valence-corrected chi connectivity index (χ3v) is 5.15. The highest BCUT2D eigenvalue weighted by molar-refractivity contribution is 7.15. The monoisotopic (exact) mass is 333 g/mol. The highest BCUT2D eigenvalue weighted by Crippen LogP contribution is 2.37. The first-order valence-corrected chi connectivity index (χ1v) is 8.77. The van der Waals surface area contributed by atoms with Gasteiger partial charge in [0, 0.05) is 30.7 Å². The average molecular weight is 333 g/mol. The molecule has 120 valence electrons. The number of thiophene rings is 1. The van der Waals surface area contributed by atoms with Crippen LogP contribution in [-0.4, -0.2) is 23.5 Å². The number of nitrogens with zero attached hydrogens (tertiary/aromatic N) is 3. The Kier molecular flexibility index (Phi) is 3.62. The second-order valence-electron chi connectivity index (χ2n) is 6.10. The summed E-state index contributed by atoms with van der Waals surface area (Å²) in [5.41, 5.74) is 5.48. The molecular formula is C20H19N3S. The first-order valence-electron chi connectivity index (χ1n) is 7.95. The summed E-state index contributed by atoms with van der Waals surface area (Å²) in [6.45, 7) is 2.14. The van der Waals surface area contributed by atoms with Gasteiger partial charge in [0.05, 0.1) is 22.0 Å². The second kappa shape index (κ2) is 5.80. The Morgan fingerprint density at radius 1 is 0.958 bits per heavy atom. The van der Waals surface area contributed by atoms with Gasteiger partial charge in [-0.25, -0.2) is 4.98 Å². The van der Waals surface area contributed by atoms with E-state index in [-0.39, 0.29) is 0 Å². The summed E-state index contributed by atoms with van der Waals surface area (Å²) in [6, 6.07) is 19.0. The predicted molar refractivity (Wildman–Crippen MR) is 103 cm³/mol. The Morgan fingerprint density at radius 3 is 2.42 bits per heavy atom. The molecule has 4 heteroatoms. The molecule has 1 aromatic carbocycles. The molecule has 0 spiro atoms. The minimum atomic E-state index is 0.973. The van der Waals surface area contributed by atoms with Gasteiger partial charge < -0.3 is 4.90 Å². The van der Waals surface area contributed by atoms with Crippen molar-refractivity contribution >= 4 is 22.7 Å². The van der Waals surface area contributed by atoms with Crippen LogP contribution in [0.3, 0.4) is 0 Å².